The number of benzene rings is 2. The van der Waals surface area contributed by atoms with Crippen molar-refractivity contribution in [1.29, 1.82) is 0 Å². The van der Waals surface area contributed by atoms with Crippen LogP contribution in [0.5, 0.6) is 0 Å². The molecule has 5 nitrogen and oxygen atoms in total. The lowest BCUT2D eigenvalue weighted by atomic mass is 9.86. The Bertz CT molecular complexity index is 1010. The van der Waals surface area contributed by atoms with Crippen LogP contribution in [-0.4, -0.2) is 39.2 Å². The Kier molecular flexibility index (Phi) is 6.96. The minimum atomic E-state index is -0.132. The summed E-state index contributed by atoms with van der Waals surface area (Å²) in [6.07, 6.45) is 4.11. The van der Waals surface area contributed by atoms with Gasteiger partial charge in [0.25, 0.3) is 0 Å². The van der Waals surface area contributed by atoms with Crippen LogP contribution in [0, 0.1) is 5.41 Å². The van der Waals surface area contributed by atoms with Gasteiger partial charge in [0, 0.05) is 10.0 Å². The van der Waals surface area contributed by atoms with Gasteiger partial charge in [0.2, 0.25) is 0 Å². The van der Waals surface area contributed by atoms with Gasteiger partial charge in [0.1, 0.15) is 0 Å². The van der Waals surface area contributed by atoms with E-state index in [9.17, 15) is 0 Å². The van der Waals surface area contributed by atoms with Crippen molar-refractivity contribution in [3.8, 4) is 0 Å². The molecule has 2 atom stereocenters. The maximum atomic E-state index is 6.37. The summed E-state index contributed by atoms with van der Waals surface area (Å²) in [5.74, 6) is 0.790. The zero-order chi connectivity index (χ0) is 21.9. The average molecular weight is 444 g/mol. The minimum absolute atomic E-state index is 0.0708. The number of nitrogens with zero attached hydrogens (tertiary/aromatic N) is 5. The second-order valence-corrected chi connectivity index (χ2v) is 9.44. The molecule has 0 saturated carbocycles. The summed E-state index contributed by atoms with van der Waals surface area (Å²) in [6, 6.07) is 15.6. The summed E-state index contributed by atoms with van der Waals surface area (Å²) >= 11 is 12.4. The normalized spacial score (nSPS) is 14.4. The molecule has 7 heteroatoms. The van der Waals surface area contributed by atoms with Crippen LogP contribution in [0.1, 0.15) is 49.8 Å². The highest BCUT2D eigenvalue weighted by Gasteiger charge is 2.31. The third-order valence-corrected chi connectivity index (χ3v) is 5.53. The van der Waals surface area contributed by atoms with Crippen LogP contribution in [0.25, 0.3) is 6.08 Å². The zero-order valence-electron chi connectivity index (χ0n) is 17.9. The first-order chi connectivity index (χ1) is 14.2. The average Bonchev–Trinajstić information content (AvgIpc) is 3.12. The molecular formula is C23H27Cl2N5. The largest absolute Gasteiger partial charge is 0.296 e. The van der Waals surface area contributed by atoms with Crippen molar-refractivity contribution in [2.45, 2.75) is 32.9 Å². The van der Waals surface area contributed by atoms with E-state index in [0.29, 0.717) is 10.0 Å². The molecule has 0 saturated heterocycles. The van der Waals surface area contributed by atoms with Crippen molar-refractivity contribution < 1.29 is 0 Å². The Labute approximate surface area is 188 Å². The third kappa shape index (κ3) is 5.09. The van der Waals surface area contributed by atoms with Crippen LogP contribution in [0.2, 0.25) is 10.0 Å². The zero-order valence-corrected chi connectivity index (χ0v) is 19.4. The molecule has 2 aromatic carbocycles. The molecular weight excluding hydrogens is 417 g/mol. The highest BCUT2D eigenvalue weighted by atomic mass is 35.5. The van der Waals surface area contributed by atoms with Gasteiger partial charge in [0.15, 0.2) is 5.82 Å². The summed E-state index contributed by atoms with van der Waals surface area (Å²) in [7, 11) is 4.07. The van der Waals surface area contributed by atoms with E-state index in [4.69, 9.17) is 23.2 Å². The molecule has 0 radical (unpaired) electrons. The van der Waals surface area contributed by atoms with Gasteiger partial charge >= 0.3 is 0 Å². The van der Waals surface area contributed by atoms with Crippen LogP contribution in [0.4, 0.5) is 0 Å². The SMILES string of the molecule is CN(C)[C@H](c1ccccc1)c1nnnn1[C@H](/C=C/c1ccc(Cl)cc1Cl)C(C)(C)C. The monoisotopic (exact) mass is 443 g/mol. The van der Waals surface area contributed by atoms with E-state index in [1.54, 1.807) is 6.07 Å². The van der Waals surface area contributed by atoms with Gasteiger partial charge in [-0.2, -0.15) is 0 Å². The first-order valence-corrected chi connectivity index (χ1v) is 10.6. The van der Waals surface area contributed by atoms with Crippen molar-refractivity contribution in [2.75, 3.05) is 14.1 Å². The van der Waals surface area contributed by atoms with E-state index in [1.807, 2.05) is 55.2 Å². The van der Waals surface area contributed by atoms with Gasteiger partial charge in [-0.25, -0.2) is 4.68 Å². The van der Waals surface area contributed by atoms with Crippen molar-refractivity contribution in [3.63, 3.8) is 0 Å². The van der Waals surface area contributed by atoms with Gasteiger partial charge in [-0.3, -0.25) is 4.90 Å². The predicted octanol–water partition coefficient (Wildman–Crippen LogP) is 5.93. The van der Waals surface area contributed by atoms with Crippen molar-refractivity contribution in [2.24, 2.45) is 5.41 Å². The smallest absolute Gasteiger partial charge is 0.173 e. The van der Waals surface area contributed by atoms with Gasteiger partial charge in [-0.1, -0.05) is 92.5 Å². The summed E-state index contributed by atoms with van der Waals surface area (Å²) in [5.41, 5.74) is 1.90. The number of allylic oxidation sites excluding steroid dienone is 1. The molecule has 3 rings (SSSR count). The standard InChI is InChI=1S/C23H27Cl2N5/c1-23(2,3)20(14-12-16-11-13-18(24)15-19(16)25)30-22(26-27-28-30)21(29(4)5)17-9-7-6-8-10-17/h6-15,20-21H,1-5H3/b14-12+/t20-,21-/m1/s1. The van der Waals surface area contributed by atoms with Crippen LogP contribution < -0.4 is 0 Å². The molecule has 30 heavy (non-hydrogen) atoms. The van der Waals surface area contributed by atoms with Gasteiger partial charge in [-0.05, 0) is 53.2 Å². The Balaban J connectivity index is 2.05. The highest BCUT2D eigenvalue weighted by molar-refractivity contribution is 6.35. The first-order valence-electron chi connectivity index (χ1n) is 9.81. The molecule has 158 valence electrons. The Morgan fingerprint density at radius 3 is 2.33 bits per heavy atom. The summed E-state index contributed by atoms with van der Waals surface area (Å²) in [6.45, 7) is 6.51. The van der Waals surface area contributed by atoms with E-state index in [0.717, 1.165) is 17.0 Å². The number of rotatable bonds is 6. The second-order valence-electron chi connectivity index (χ2n) is 8.59. The first kappa shape index (κ1) is 22.5. The van der Waals surface area contributed by atoms with E-state index >= 15 is 0 Å². The minimum Gasteiger partial charge on any atom is -0.296 e. The van der Waals surface area contributed by atoms with Crippen molar-refractivity contribution >= 4 is 29.3 Å². The van der Waals surface area contributed by atoms with Gasteiger partial charge in [-0.15, -0.1) is 5.10 Å². The second kappa shape index (κ2) is 9.29. The maximum absolute atomic E-state index is 6.37. The molecule has 0 fully saturated rings. The topological polar surface area (TPSA) is 46.8 Å². The number of aromatic nitrogens is 4. The maximum Gasteiger partial charge on any atom is 0.173 e. The summed E-state index contributed by atoms with van der Waals surface area (Å²) in [5, 5.41) is 14.1. The molecule has 0 aliphatic rings. The van der Waals surface area contributed by atoms with Gasteiger partial charge < -0.3 is 0 Å². The lowest BCUT2D eigenvalue weighted by Gasteiger charge is -2.31. The van der Waals surface area contributed by atoms with E-state index in [1.165, 1.54) is 0 Å². The fourth-order valence-electron chi connectivity index (χ4n) is 3.46. The molecule has 1 heterocycles. The quantitative estimate of drug-likeness (QED) is 0.473. The predicted molar refractivity (Wildman–Crippen MR) is 124 cm³/mol. The molecule has 0 N–H and O–H groups in total. The molecule has 0 amide bonds. The molecule has 0 aliphatic carbocycles. The molecule has 3 aromatic rings. The number of tetrazole rings is 1. The number of hydrogen-bond donors (Lipinski definition) is 0. The molecule has 1 aromatic heterocycles. The van der Waals surface area contributed by atoms with E-state index < -0.39 is 0 Å². The van der Waals surface area contributed by atoms with Crippen LogP contribution in [0.3, 0.4) is 0 Å². The summed E-state index contributed by atoms with van der Waals surface area (Å²) < 4.78 is 1.91. The summed E-state index contributed by atoms with van der Waals surface area (Å²) in [4.78, 5) is 2.12. The van der Waals surface area contributed by atoms with Crippen LogP contribution in [-0.2, 0) is 0 Å². The fraction of sp³-hybridized carbons (Fsp3) is 0.348. The molecule has 0 aliphatic heterocycles. The Morgan fingerprint density at radius 1 is 1.03 bits per heavy atom. The molecule has 0 bridgehead atoms. The van der Waals surface area contributed by atoms with Crippen LogP contribution >= 0.6 is 23.2 Å². The lowest BCUT2D eigenvalue weighted by molar-refractivity contribution is 0.245. The van der Waals surface area contributed by atoms with E-state index in [2.05, 4.69) is 59.4 Å². The molecule has 0 spiro atoms. The Morgan fingerprint density at radius 2 is 1.73 bits per heavy atom. The number of halogens is 2. The number of hydrogen-bond acceptors (Lipinski definition) is 4. The fourth-order valence-corrected chi connectivity index (χ4v) is 3.93. The highest BCUT2D eigenvalue weighted by Crippen LogP contribution is 2.35. The third-order valence-electron chi connectivity index (χ3n) is 4.97. The van der Waals surface area contributed by atoms with Gasteiger partial charge in [0.05, 0.1) is 12.1 Å². The Hall–Kier alpha value is -2.21. The van der Waals surface area contributed by atoms with Crippen molar-refractivity contribution in [3.05, 3.63) is 81.6 Å². The molecule has 0 unspecified atom stereocenters. The van der Waals surface area contributed by atoms with Crippen LogP contribution in [0.15, 0.2) is 54.6 Å². The van der Waals surface area contributed by atoms with E-state index in [-0.39, 0.29) is 17.5 Å². The van der Waals surface area contributed by atoms with Crippen molar-refractivity contribution in [1.82, 2.24) is 25.1 Å². The lowest BCUT2D eigenvalue weighted by Crippen LogP contribution is -2.30.